The van der Waals surface area contributed by atoms with Crippen molar-refractivity contribution in [2.75, 3.05) is 18.9 Å². The average molecular weight is 248 g/mol. The SMILES string of the molecule is CN(CC(F)(F)F)C(C)(C)CBr. The maximum atomic E-state index is 11.9. The Kier molecular flexibility index (Phi) is 4.03. The van der Waals surface area contributed by atoms with Gasteiger partial charge in [-0.2, -0.15) is 13.2 Å². The maximum Gasteiger partial charge on any atom is 0.401 e. The topological polar surface area (TPSA) is 3.24 Å². The van der Waals surface area contributed by atoms with Crippen molar-refractivity contribution in [1.29, 1.82) is 0 Å². The van der Waals surface area contributed by atoms with E-state index in [4.69, 9.17) is 0 Å². The molecule has 74 valence electrons. The second-order valence-electron chi connectivity index (χ2n) is 3.42. The molecule has 0 saturated carbocycles. The van der Waals surface area contributed by atoms with E-state index in [1.807, 2.05) is 0 Å². The number of hydrogen-bond acceptors (Lipinski definition) is 1. The molecule has 0 atom stereocenters. The third kappa shape index (κ3) is 4.30. The lowest BCUT2D eigenvalue weighted by molar-refractivity contribution is -0.151. The maximum absolute atomic E-state index is 11.9. The molecule has 0 bridgehead atoms. The molecule has 0 fully saturated rings. The van der Waals surface area contributed by atoms with E-state index in [9.17, 15) is 13.2 Å². The highest BCUT2D eigenvalue weighted by atomic mass is 79.9. The Morgan fingerprint density at radius 3 is 1.92 bits per heavy atom. The van der Waals surface area contributed by atoms with Crippen molar-refractivity contribution in [2.24, 2.45) is 0 Å². The quantitative estimate of drug-likeness (QED) is 0.694. The number of halogens is 4. The molecule has 0 aliphatic heterocycles. The summed E-state index contributed by atoms with van der Waals surface area (Å²) in [6.07, 6.45) is -4.12. The lowest BCUT2D eigenvalue weighted by Gasteiger charge is -2.34. The minimum atomic E-state index is -4.12. The van der Waals surface area contributed by atoms with Crippen molar-refractivity contribution in [3.05, 3.63) is 0 Å². The van der Waals surface area contributed by atoms with Gasteiger partial charge in [-0.3, -0.25) is 4.90 Å². The van der Waals surface area contributed by atoms with Gasteiger partial charge in [0.05, 0.1) is 6.54 Å². The average Bonchev–Trinajstić information content (AvgIpc) is 1.84. The number of hydrogen-bond donors (Lipinski definition) is 0. The molecule has 0 heterocycles. The number of nitrogens with zero attached hydrogens (tertiary/aromatic N) is 1. The molecule has 0 aromatic heterocycles. The Bertz CT molecular complexity index is 144. The zero-order valence-electron chi connectivity index (χ0n) is 7.37. The minimum Gasteiger partial charge on any atom is -0.292 e. The zero-order valence-corrected chi connectivity index (χ0v) is 8.96. The minimum absolute atomic E-state index is 0.463. The molecule has 0 N–H and O–H groups in total. The molecule has 0 amide bonds. The smallest absolute Gasteiger partial charge is 0.292 e. The van der Waals surface area contributed by atoms with E-state index in [1.54, 1.807) is 13.8 Å². The monoisotopic (exact) mass is 247 g/mol. The van der Waals surface area contributed by atoms with Gasteiger partial charge in [0.15, 0.2) is 0 Å². The van der Waals surface area contributed by atoms with Crippen LogP contribution in [0.4, 0.5) is 13.2 Å². The summed E-state index contributed by atoms with van der Waals surface area (Å²) in [6, 6.07) is 0. The first-order valence-electron chi connectivity index (χ1n) is 3.53. The summed E-state index contributed by atoms with van der Waals surface area (Å²) in [4.78, 5) is 1.28. The highest BCUT2D eigenvalue weighted by molar-refractivity contribution is 9.09. The molecule has 0 aliphatic rings. The van der Waals surface area contributed by atoms with Crippen molar-refractivity contribution in [3.63, 3.8) is 0 Å². The molecular weight excluding hydrogens is 235 g/mol. The predicted molar refractivity (Wildman–Crippen MR) is 46.6 cm³/mol. The van der Waals surface area contributed by atoms with Crippen LogP contribution in [-0.2, 0) is 0 Å². The Morgan fingerprint density at radius 2 is 1.67 bits per heavy atom. The Hall–Kier alpha value is 0.230. The van der Waals surface area contributed by atoms with Crippen LogP contribution >= 0.6 is 15.9 Å². The molecular formula is C7H13BrF3N. The van der Waals surface area contributed by atoms with Gasteiger partial charge >= 0.3 is 6.18 Å². The van der Waals surface area contributed by atoms with Crippen molar-refractivity contribution in [3.8, 4) is 0 Å². The van der Waals surface area contributed by atoms with E-state index in [2.05, 4.69) is 15.9 Å². The highest BCUT2D eigenvalue weighted by Crippen LogP contribution is 2.22. The van der Waals surface area contributed by atoms with Crippen LogP contribution in [0.3, 0.4) is 0 Å². The fourth-order valence-electron chi connectivity index (χ4n) is 0.585. The zero-order chi connectivity index (χ0) is 9.99. The van der Waals surface area contributed by atoms with Crippen LogP contribution < -0.4 is 0 Å². The highest BCUT2D eigenvalue weighted by Gasteiger charge is 2.34. The summed E-state index contributed by atoms with van der Waals surface area (Å²) in [5, 5.41) is 0.520. The first-order valence-corrected chi connectivity index (χ1v) is 4.65. The fourth-order valence-corrected chi connectivity index (χ4v) is 1.01. The van der Waals surface area contributed by atoms with E-state index in [1.165, 1.54) is 11.9 Å². The van der Waals surface area contributed by atoms with Crippen LogP contribution in [0.25, 0.3) is 0 Å². The normalized spacial score (nSPS) is 14.0. The number of rotatable bonds is 3. The Balaban J connectivity index is 4.13. The van der Waals surface area contributed by atoms with Gasteiger partial charge in [-0.05, 0) is 20.9 Å². The van der Waals surface area contributed by atoms with Crippen LogP contribution in [0, 0.1) is 0 Å². The van der Waals surface area contributed by atoms with Gasteiger partial charge in [-0.15, -0.1) is 0 Å². The van der Waals surface area contributed by atoms with E-state index >= 15 is 0 Å². The largest absolute Gasteiger partial charge is 0.401 e. The molecule has 0 rings (SSSR count). The van der Waals surface area contributed by atoms with Gasteiger partial charge in [-0.1, -0.05) is 15.9 Å². The molecule has 0 aromatic rings. The van der Waals surface area contributed by atoms with Gasteiger partial charge in [0.2, 0.25) is 0 Å². The van der Waals surface area contributed by atoms with Crippen LogP contribution in [0.5, 0.6) is 0 Å². The molecule has 1 nitrogen and oxygen atoms in total. The molecule has 0 spiro atoms. The summed E-state index contributed by atoms with van der Waals surface area (Å²) in [5.74, 6) is 0. The van der Waals surface area contributed by atoms with Gasteiger partial charge in [0.1, 0.15) is 0 Å². The van der Waals surface area contributed by atoms with Gasteiger partial charge in [-0.25, -0.2) is 0 Å². The standard InChI is InChI=1S/C7H13BrF3N/c1-6(2,4-8)12(3)5-7(9,10)11/h4-5H2,1-3H3. The molecule has 5 heteroatoms. The van der Waals surface area contributed by atoms with Crippen LogP contribution in [0.2, 0.25) is 0 Å². The number of alkyl halides is 4. The molecule has 0 aromatic carbocycles. The van der Waals surface area contributed by atoms with Crippen LogP contribution in [0.1, 0.15) is 13.8 Å². The predicted octanol–water partition coefficient (Wildman–Crippen LogP) is 2.65. The Labute approximate surface area is 79.1 Å². The molecule has 0 radical (unpaired) electrons. The lowest BCUT2D eigenvalue weighted by atomic mass is 10.1. The van der Waals surface area contributed by atoms with E-state index in [-0.39, 0.29) is 0 Å². The fraction of sp³-hybridized carbons (Fsp3) is 1.00. The first-order chi connectivity index (χ1) is 5.19. The molecule has 0 unspecified atom stereocenters. The Morgan fingerprint density at radius 1 is 1.25 bits per heavy atom. The summed E-state index contributed by atoms with van der Waals surface area (Å²) >= 11 is 3.17. The second-order valence-corrected chi connectivity index (χ2v) is 3.98. The van der Waals surface area contributed by atoms with Gasteiger partial charge in [0.25, 0.3) is 0 Å². The van der Waals surface area contributed by atoms with Gasteiger partial charge < -0.3 is 0 Å². The first kappa shape index (κ1) is 12.2. The van der Waals surface area contributed by atoms with Crippen molar-refractivity contribution >= 4 is 15.9 Å². The summed E-state index contributed by atoms with van der Waals surface area (Å²) in [5.41, 5.74) is -0.463. The van der Waals surface area contributed by atoms with E-state index in [0.717, 1.165) is 0 Å². The van der Waals surface area contributed by atoms with E-state index < -0.39 is 18.3 Å². The van der Waals surface area contributed by atoms with Crippen molar-refractivity contribution in [1.82, 2.24) is 4.90 Å². The summed E-state index contributed by atoms with van der Waals surface area (Å²) in [7, 11) is 1.47. The second kappa shape index (κ2) is 3.96. The molecule has 0 aliphatic carbocycles. The van der Waals surface area contributed by atoms with E-state index in [0.29, 0.717) is 5.33 Å². The molecule has 12 heavy (non-hydrogen) atoms. The third-order valence-corrected chi connectivity index (χ3v) is 3.15. The van der Waals surface area contributed by atoms with Crippen LogP contribution in [0.15, 0.2) is 0 Å². The summed E-state index contributed by atoms with van der Waals surface area (Å²) in [6.45, 7) is 2.65. The summed E-state index contributed by atoms with van der Waals surface area (Å²) < 4.78 is 35.7. The van der Waals surface area contributed by atoms with Crippen molar-refractivity contribution in [2.45, 2.75) is 25.6 Å². The lowest BCUT2D eigenvalue weighted by Crippen LogP contribution is -2.47. The van der Waals surface area contributed by atoms with Gasteiger partial charge in [0, 0.05) is 10.9 Å². The third-order valence-electron chi connectivity index (χ3n) is 1.78. The van der Waals surface area contributed by atoms with Crippen molar-refractivity contribution < 1.29 is 13.2 Å². The molecule has 0 saturated heterocycles. The van der Waals surface area contributed by atoms with Crippen LogP contribution in [-0.4, -0.2) is 35.5 Å².